The van der Waals surface area contributed by atoms with Gasteiger partial charge in [-0.25, -0.2) is 4.79 Å². The van der Waals surface area contributed by atoms with E-state index in [1.54, 1.807) is 25.1 Å². The van der Waals surface area contributed by atoms with Gasteiger partial charge in [-0.05, 0) is 24.6 Å². The zero-order valence-electron chi connectivity index (χ0n) is 12.5. The standard InChI is InChI=1S/C14H17N3O5/c1-14(8-4-5-9(21-2)10(6-8)22-3)12(19)17(7-11(15)18)13(20)16-14/h4-6H,7H2,1-3H3,(H2,15,18)(H,16,20). The van der Waals surface area contributed by atoms with E-state index in [0.29, 0.717) is 17.1 Å². The Balaban J connectivity index is 2.41. The average molecular weight is 307 g/mol. The predicted molar refractivity (Wildman–Crippen MR) is 76.3 cm³/mol. The molecule has 0 aromatic heterocycles. The number of hydrogen-bond acceptors (Lipinski definition) is 5. The van der Waals surface area contributed by atoms with Crippen molar-refractivity contribution < 1.29 is 23.9 Å². The van der Waals surface area contributed by atoms with Crippen molar-refractivity contribution in [2.45, 2.75) is 12.5 Å². The maximum atomic E-state index is 12.5. The monoisotopic (exact) mass is 307 g/mol. The van der Waals surface area contributed by atoms with E-state index in [2.05, 4.69) is 5.32 Å². The number of urea groups is 1. The van der Waals surface area contributed by atoms with Gasteiger partial charge in [0.15, 0.2) is 11.5 Å². The van der Waals surface area contributed by atoms with E-state index in [0.717, 1.165) is 4.90 Å². The SMILES string of the molecule is COc1ccc(C2(C)NC(=O)N(CC(N)=O)C2=O)cc1OC. The molecular weight excluding hydrogens is 290 g/mol. The second kappa shape index (κ2) is 5.55. The minimum Gasteiger partial charge on any atom is -0.493 e. The number of benzene rings is 1. The van der Waals surface area contributed by atoms with Gasteiger partial charge in [0.1, 0.15) is 12.1 Å². The van der Waals surface area contributed by atoms with E-state index in [-0.39, 0.29) is 0 Å². The molecule has 0 bridgehead atoms. The van der Waals surface area contributed by atoms with Gasteiger partial charge in [0.05, 0.1) is 14.2 Å². The van der Waals surface area contributed by atoms with E-state index in [1.165, 1.54) is 14.2 Å². The van der Waals surface area contributed by atoms with Crippen LogP contribution in [0.4, 0.5) is 4.79 Å². The molecule has 0 saturated carbocycles. The summed E-state index contributed by atoms with van der Waals surface area (Å²) in [6.07, 6.45) is 0. The van der Waals surface area contributed by atoms with Crippen LogP contribution in [0.2, 0.25) is 0 Å². The number of carbonyl (C=O) groups is 3. The predicted octanol–water partition coefficient (Wildman–Crippen LogP) is -0.0439. The third-order valence-corrected chi connectivity index (χ3v) is 3.55. The molecule has 8 nitrogen and oxygen atoms in total. The van der Waals surface area contributed by atoms with Crippen LogP contribution in [-0.2, 0) is 15.1 Å². The summed E-state index contributed by atoms with van der Waals surface area (Å²) in [5.74, 6) is -0.388. The highest BCUT2D eigenvalue weighted by molar-refractivity contribution is 6.09. The lowest BCUT2D eigenvalue weighted by Crippen LogP contribution is -2.42. The molecule has 0 aliphatic carbocycles. The summed E-state index contributed by atoms with van der Waals surface area (Å²) in [5, 5.41) is 2.57. The Labute approximate surface area is 127 Å². The molecule has 1 aromatic carbocycles. The van der Waals surface area contributed by atoms with Gasteiger partial charge in [0.2, 0.25) is 5.91 Å². The normalized spacial score (nSPS) is 20.8. The van der Waals surface area contributed by atoms with Crippen molar-refractivity contribution in [3.05, 3.63) is 23.8 Å². The first kappa shape index (κ1) is 15.6. The van der Waals surface area contributed by atoms with Gasteiger partial charge in [0, 0.05) is 0 Å². The van der Waals surface area contributed by atoms with E-state index < -0.39 is 29.9 Å². The summed E-state index contributed by atoms with van der Waals surface area (Å²) in [6, 6.07) is 4.22. The lowest BCUT2D eigenvalue weighted by Gasteiger charge is -2.23. The molecule has 22 heavy (non-hydrogen) atoms. The van der Waals surface area contributed by atoms with Gasteiger partial charge in [-0.2, -0.15) is 0 Å². The Kier molecular flexibility index (Phi) is 3.94. The lowest BCUT2D eigenvalue weighted by atomic mass is 9.91. The number of imide groups is 1. The van der Waals surface area contributed by atoms with Gasteiger partial charge in [-0.3, -0.25) is 14.5 Å². The molecule has 0 radical (unpaired) electrons. The lowest BCUT2D eigenvalue weighted by molar-refractivity contribution is -0.134. The molecule has 118 valence electrons. The van der Waals surface area contributed by atoms with Gasteiger partial charge in [-0.15, -0.1) is 0 Å². The highest BCUT2D eigenvalue weighted by Gasteiger charge is 2.49. The summed E-state index contributed by atoms with van der Waals surface area (Å²) >= 11 is 0. The molecule has 1 unspecified atom stereocenters. The number of ether oxygens (including phenoxy) is 2. The first-order valence-corrected chi connectivity index (χ1v) is 6.48. The number of amides is 4. The van der Waals surface area contributed by atoms with E-state index in [4.69, 9.17) is 15.2 Å². The largest absolute Gasteiger partial charge is 0.493 e. The maximum Gasteiger partial charge on any atom is 0.325 e. The Hall–Kier alpha value is -2.77. The van der Waals surface area contributed by atoms with Gasteiger partial charge >= 0.3 is 6.03 Å². The van der Waals surface area contributed by atoms with Crippen LogP contribution in [0, 0.1) is 0 Å². The Morgan fingerprint density at radius 1 is 1.27 bits per heavy atom. The summed E-state index contributed by atoms with van der Waals surface area (Å²) in [7, 11) is 2.97. The molecule has 2 rings (SSSR count). The summed E-state index contributed by atoms with van der Waals surface area (Å²) in [4.78, 5) is 36.2. The molecular formula is C14H17N3O5. The summed E-state index contributed by atoms with van der Waals surface area (Å²) in [5.41, 5.74) is 4.27. The second-order valence-corrected chi connectivity index (χ2v) is 4.98. The molecule has 1 aliphatic rings. The molecule has 1 heterocycles. The topological polar surface area (TPSA) is 111 Å². The maximum absolute atomic E-state index is 12.5. The number of nitrogens with zero attached hydrogens (tertiary/aromatic N) is 1. The molecule has 4 amide bonds. The molecule has 3 N–H and O–H groups in total. The van der Waals surface area contributed by atoms with E-state index >= 15 is 0 Å². The fourth-order valence-electron chi connectivity index (χ4n) is 2.34. The van der Waals surface area contributed by atoms with Gasteiger partial charge in [0.25, 0.3) is 5.91 Å². The number of hydrogen-bond donors (Lipinski definition) is 2. The quantitative estimate of drug-likeness (QED) is 0.741. The van der Waals surface area contributed by atoms with Crippen molar-refractivity contribution in [2.75, 3.05) is 20.8 Å². The number of methoxy groups -OCH3 is 2. The van der Waals surface area contributed by atoms with Crippen molar-refractivity contribution in [1.82, 2.24) is 10.2 Å². The highest BCUT2D eigenvalue weighted by Crippen LogP contribution is 2.35. The van der Waals surface area contributed by atoms with Crippen LogP contribution in [0.15, 0.2) is 18.2 Å². The Morgan fingerprint density at radius 2 is 1.91 bits per heavy atom. The Morgan fingerprint density at radius 3 is 2.45 bits per heavy atom. The molecule has 1 aliphatic heterocycles. The zero-order chi connectivity index (χ0) is 16.5. The second-order valence-electron chi connectivity index (χ2n) is 4.98. The van der Waals surface area contributed by atoms with Crippen molar-refractivity contribution in [3.8, 4) is 11.5 Å². The van der Waals surface area contributed by atoms with Crippen LogP contribution >= 0.6 is 0 Å². The third kappa shape index (κ3) is 2.43. The minimum absolute atomic E-state index is 0.427. The third-order valence-electron chi connectivity index (χ3n) is 3.55. The summed E-state index contributed by atoms with van der Waals surface area (Å²) < 4.78 is 10.3. The zero-order valence-corrected chi connectivity index (χ0v) is 12.5. The fraction of sp³-hybridized carbons (Fsp3) is 0.357. The average Bonchev–Trinajstić information content (AvgIpc) is 2.70. The van der Waals surface area contributed by atoms with Crippen LogP contribution in [0.25, 0.3) is 0 Å². The molecule has 1 atom stereocenters. The van der Waals surface area contributed by atoms with Crippen molar-refractivity contribution in [3.63, 3.8) is 0 Å². The molecule has 8 heteroatoms. The van der Waals surface area contributed by atoms with E-state index in [1.807, 2.05) is 0 Å². The van der Waals surface area contributed by atoms with Crippen LogP contribution in [0.1, 0.15) is 12.5 Å². The molecule has 1 aromatic rings. The number of carbonyl (C=O) groups excluding carboxylic acids is 3. The van der Waals surface area contributed by atoms with Crippen LogP contribution in [0.5, 0.6) is 11.5 Å². The fourth-order valence-corrected chi connectivity index (χ4v) is 2.34. The first-order valence-electron chi connectivity index (χ1n) is 6.48. The van der Waals surface area contributed by atoms with Crippen LogP contribution < -0.4 is 20.5 Å². The first-order chi connectivity index (χ1) is 10.3. The van der Waals surface area contributed by atoms with Crippen LogP contribution in [-0.4, -0.2) is 43.5 Å². The van der Waals surface area contributed by atoms with Gasteiger partial charge < -0.3 is 20.5 Å². The van der Waals surface area contributed by atoms with Gasteiger partial charge in [-0.1, -0.05) is 6.07 Å². The van der Waals surface area contributed by atoms with Crippen molar-refractivity contribution in [1.29, 1.82) is 0 Å². The van der Waals surface area contributed by atoms with Crippen LogP contribution in [0.3, 0.4) is 0 Å². The summed E-state index contributed by atoms with van der Waals surface area (Å²) in [6.45, 7) is 1.09. The number of nitrogens with two attached hydrogens (primary N) is 1. The highest BCUT2D eigenvalue weighted by atomic mass is 16.5. The molecule has 1 saturated heterocycles. The number of rotatable bonds is 5. The Bertz CT molecular complexity index is 645. The molecule has 1 fully saturated rings. The number of primary amides is 1. The molecule has 0 spiro atoms. The van der Waals surface area contributed by atoms with E-state index in [9.17, 15) is 14.4 Å². The smallest absolute Gasteiger partial charge is 0.325 e. The minimum atomic E-state index is -1.30. The number of nitrogens with one attached hydrogen (secondary N) is 1. The van der Waals surface area contributed by atoms with Crippen molar-refractivity contribution >= 4 is 17.8 Å². The van der Waals surface area contributed by atoms with Crippen molar-refractivity contribution in [2.24, 2.45) is 5.73 Å².